The second-order valence-electron chi connectivity index (χ2n) is 4.36. The summed E-state index contributed by atoms with van der Waals surface area (Å²) in [5.74, 6) is 0.566. The van der Waals surface area contributed by atoms with Gasteiger partial charge in [-0.1, -0.05) is 11.6 Å². The SMILES string of the molecule is COc1ccc(S(=O)(=O)Nc2ccc(Cl)cc2C)cc1Br. The Morgan fingerprint density at radius 1 is 1.19 bits per heavy atom. The minimum atomic E-state index is -3.67. The van der Waals surface area contributed by atoms with Gasteiger partial charge in [0, 0.05) is 5.02 Å². The number of hydrogen-bond donors (Lipinski definition) is 1. The molecule has 0 spiro atoms. The molecule has 0 fully saturated rings. The third kappa shape index (κ3) is 3.70. The Hall–Kier alpha value is -1.24. The van der Waals surface area contributed by atoms with Gasteiger partial charge in [-0.2, -0.15) is 0 Å². The fraction of sp³-hybridized carbons (Fsp3) is 0.143. The average molecular weight is 391 g/mol. The lowest BCUT2D eigenvalue weighted by atomic mass is 10.2. The molecule has 0 aliphatic carbocycles. The molecule has 21 heavy (non-hydrogen) atoms. The second kappa shape index (κ2) is 6.25. The van der Waals surface area contributed by atoms with Crippen LogP contribution in [0.2, 0.25) is 5.02 Å². The van der Waals surface area contributed by atoms with Gasteiger partial charge in [-0.05, 0) is 64.8 Å². The molecule has 7 heteroatoms. The van der Waals surface area contributed by atoms with Crippen molar-refractivity contribution >= 4 is 43.2 Å². The van der Waals surface area contributed by atoms with Gasteiger partial charge in [0.05, 0.1) is 22.2 Å². The van der Waals surface area contributed by atoms with E-state index in [9.17, 15) is 8.42 Å². The summed E-state index contributed by atoms with van der Waals surface area (Å²) < 4.78 is 33.0. The van der Waals surface area contributed by atoms with Crippen molar-refractivity contribution in [3.63, 3.8) is 0 Å². The van der Waals surface area contributed by atoms with E-state index >= 15 is 0 Å². The minimum absolute atomic E-state index is 0.143. The van der Waals surface area contributed by atoms with Crippen LogP contribution in [0.15, 0.2) is 45.8 Å². The Bertz CT molecular complexity index is 778. The van der Waals surface area contributed by atoms with Crippen molar-refractivity contribution in [3.05, 3.63) is 51.5 Å². The molecular formula is C14H13BrClNO3S. The fourth-order valence-electron chi connectivity index (χ4n) is 1.76. The van der Waals surface area contributed by atoms with Crippen LogP contribution in [-0.4, -0.2) is 15.5 Å². The maximum absolute atomic E-state index is 12.4. The number of anilines is 1. The maximum atomic E-state index is 12.4. The van der Waals surface area contributed by atoms with Crippen LogP contribution >= 0.6 is 27.5 Å². The van der Waals surface area contributed by atoms with Crippen molar-refractivity contribution < 1.29 is 13.2 Å². The highest BCUT2D eigenvalue weighted by Gasteiger charge is 2.17. The molecule has 2 rings (SSSR count). The first-order valence-corrected chi connectivity index (χ1v) is 8.61. The summed E-state index contributed by atoms with van der Waals surface area (Å²) in [4.78, 5) is 0.143. The molecule has 0 heterocycles. The molecule has 0 aliphatic heterocycles. The summed E-state index contributed by atoms with van der Waals surface area (Å²) in [6.45, 7) is 1.79. The number of rotatable bonds is 4. The predicted octanol–water partition coefficient (Wildman–Crippen LogP) is 4.22. The van der Waals surface area contributed by atoms with Crippen LogP contribution in [0, 0.1) is 6.92 Å². The highest BCUT2D eigenvalue weighted by atomic mass is 79.9. The molecule has 1 N–H and O–H groups in total. The zero-order valence-electron chi connectivity index (χ0n) is 11.4. The van der Waals surface area contributed by atoms with Crippen molar-refractivity contribution in [2.75, 3.05) is 11.8 Å². The summed E-state index contributed by atoms with van der Waals surface area (Å²) in [5, 5.41) is 0.558. The molecule has 0 radical (unpaired) electrons. The van der Waals surface area contributed by atoms with Gasteiger partial charge in [0.1, 0.15) is 5.75 Å². The number of methoxy groups -OCH3 is 1. The first-order valence-electron chi connectivity index (χ1n) is 5.96. The van der Waals surface area contributed by atoms with Crippen LogP contribution in [0.25, 0.3) is 0 Å². The van der Waals surface area contributed by atoms with Crippen LogP contribution in [0.3, 0.4) is 0 Å². The van der Waals surface area contributed by atoms with E-state index in [1.165, 1.54) is 19.2 Å². The van der Waals surface area contributed by atoms with Gasteiger partial charge in [0.15, 0.2) is 0 Å². The quantitative estimate of drug-likeness (QED) is 0.850. The van der Waals surface area contributed by atoms with Crippen LogP contribution < -0.4 is 9.46 Å². The number of sulfonamides is 1. The van der Waals surface area contributed by atoms with Gasteiger partial charge < -0.3 is 4.74 Å². The van der Waals surface area contributed by atoms with Crippen molar-refractivity contribution in [3.8, 4) is 5.75 Å². The monoisotopic (exact) mass is 389 g/mol. The van der Waals surface area contributed by atoms with Gasteiger partial charge in [-0.3, -0.25) is 4.72 Å². The Morgan fingerprint density at radius 2 is 1.90 bits per heavy atom. The number of aryl methyl sites for hydroxylation is 1. The van der Waals surface area contributed by atoms with Gasteiger partial charge >= 0.3 is 0 Å². The van der Waals surface area contributed by atoms with E-state index < -0.39 is 10.0 Å². The molecule has 0 saturated heterocycles. The zero-order valence-corrected chi connectivity index (χ0v) is 14.5. The van der Waals surface area contributed by atoms with E-state index in [0.29, 0.717) is 20.9 Å². The third-order valence-electron chi connectivity index (χ3n) is 2.87. The molecule has 2 aromatic rings. The maximum Gasteiger partial charge on any atom is 0.261 e. The number of ether oxygens (including phenoxy) is 1. The predicted molar refractivity (Wildman–Crippen MR) is 87.7 cm³/mol. The van der Waals surface area contributed by atoms with Gasteiger partial charge in [-0.15, -0.1) is 0 Å². The Balaban J connectivity index is 2.36. The Labute approximate surface area is 137 Å². The van der Waals surface area contributed by atoms with Crippen LogP contribution in [0.5, 0.6) is 5.75 Å². The lowest BCUT2D eigenvalue weighted by Gasteiger charge is -2.12. The molecule has 0 atom stereocenters. The summed E-state index contributed by atoms with van der Waals surface area (Å²) in [6, 6.07) is 9.53. The van der Waals surface area contributed by atoms with E-state index in [2.05, 4.69) is 20.7 Å². The summed E-state index contributed by atoms with van der Waals surface area (Å²) >= 11 is 9.14. The van der Waals surface area contributed by atoms with Crippen molar-refractivity contribution in [2.24, 2.45) is 0 Å². The smallest absolute Gasteiger partial charge is 0.261 e. The van der Waals surface area contributed by atoms with Gasteiger partial charge in [0.2, 0.25) is 0 Å². The molecule has 4 nitrogen and oxygen atoms in total. The highest BCUT2D eigenvalue weighted by molar-refractivity contribution is 9.10. The first kappa shape index (κ1) is 16.1. The molecule has 112 valence electrons. The molecule has 0 amide bonds. The van der Waals surface area contributed by atoms with Gasteiger partial charge in [0.25, 0.3) is 10.0 Å². The third-order valence-corrected chi connectivity index (χ3v) is 5.08. The normalized spacial score (nSPS) is 11.2. The van der Waals surface area contributed by atoms with Crippen LogP contribution in [-0.2, 0) is 10.0 Å². The van der Waals surface area contributed by atoms with Crippen LogP contribution in [0.1, 0.15) is 5.56 Å². The number of benzene rings is 2. The van der Waals surface area contributed by atoms with Crippen molar-refractivity contribution in [1.82, 2.24) is 0 Å². The molecular weight excluding hydrogens is 378 g/mol. The minimum Gasteiger partial charge on any atom is -0.496 e. The summed E-state index contributed by atoms with van der Waals surface area (Å²) in [7, 11) is -2.16. The van der Waals surface area contributed by atoms with Crippen molar-refractivity contribution in [2.45, 2.75) is 11.8 Å². The topological polar surface area (TPSA) is 55.4 Å². The van der Waals surface area contributed by atoms with E-state index in [0.717, 1.165) is 5.56 Å². The number of halogens is 2. The molecule has 0 unspecified atom stereocenters. The lowest BCUT2D eigenvalue weighted by Crippen LogP contribution is -2.13. The Kier molecular flexibility index (Phi) is 4.81. The lowest BCUT2D eigenvalue weighted by molar-refractivity contribution is 0.411. The molecule has 0 saturated carbocycles. The van der Waals surface area contributed by atoms with Crippen LogP contribution in [0.4, 0.5) is 5.69 Å². The molecule has 0 aliphatic rings. The fourth-order valence-corrected chi connectivity index (χ4v) is 3.83. The summed E-state index contributed by atoms with van der Waals surface area (Å²) in [6.07, 6.45) is 0. The molecule has 0 aromatic heterocycles. The van der Waals surface area contributed by atoms with E-state index in [4.69, 9.17) is 16.3 Å². The summed E-state index contributed by atoms with van der Waals surface area (Å²) in [5.41, 5.74) is 1.24. The van der Waals surface area contributed by atoms with E-state index in [1.54, 1.807) is 31.2 Å². The number of hydrogen-bond acceptors (Lipinski definition) is 3. The highest BCUT2D eigenvalue weighted by Crippen LogP contribution is 2.29. The first-order chi connectivity index (χ1) is 9.83. The zero-order chi connectivity index (χ0) is 15.6. The standard InChI is InChI=1S/C14H13BrClNO3S/c1-9-7-10(16)3-5-13(9)17-21(18,19)11-4-6-14(20-2)12(15)8-11/h3-8,17H,1-2H3. The van der Waals surface area contributed by atoms with Gasteiger partial charge in [-0.25, -0.2) is 8.42 Å². The van der Waals surface area contributed by atoms with Crippen molar-refractivity contribution in [1.29, 1.82) is 0 Å². The number of nitrogens with one attached hydrogen (secondary N) is 1. The second-order valence-corrected chi connectivity index (χ2v) is 7.33. The average Bonchev–Trinajstić information content (AvgIpc) is 2.42. The molecule has 2 aromatic carbocycles. The Morgan fingerprint density at radius 3 is 2.48 bits per heavy atom. The largest absolute Gasteiger partial charge is 0.496 e. The van der Waals surface area contributed by atoms with E-state index in [-0.39, 0.29) is 4.90 Å². The molecule has 0 bridgehead atoms. The van der Waals surface area contributed by atoms with E-state index in [1.807, 2.05) is 0 Å².